The fourth-order valence-electron chi connectivity index (χ4n) is 4.27. The summed E-state index contributed by atoms with van der Waals surface area (Å²) < 4.78 is 5.10. The molecule has 3 aliphatic rings. The van der Waals surface area contributed by atoms with Gasteiger partial charge in [-0.3, -0.25) is 4.90 Å². The Balaban J connectivity index is 0.00000132. The van der Waals surface area contributed by atoms with Crippen LogP contribution in [0.5, 0.6) is 0 Å². The van der Waals surface area contributed by atoms with Gasteiger partial charge in [0.15, 0.2) is 0 Å². The first kappa shape index (κ1) is 20.8. The summed E-state index contributed by atoms with van der Waals surface area (Å²) in [5.41, 5.74) is 0.587. The number of hydrogen-bond donors (Lipinski definition) is 1. The number of ether oxygens (including phenoxy) is 1. The molecule has 0 aromatic carbocycles. The monoisotopic (exact) mass is 367 g/mol. The van der Waals surface area contributed by atoms with E-state index in [4.69, 9.17) is 4.74 Å². The summed E-state index contributed by atoms with van der Waals surface area (Å²) in [6.07, 6.45) is 6.12. The summed E-state index contributed by atoms with van der Waals surface area (Å²) in [6.45, 7) is 8.96. The van der Waals surface area contributed by atoms with Crippen molar-refractivity contribution in [3.05, 3.63) is 0 Å². The molecule has 0 unspecified atom stereocenters. The SMILES string of the molecule is CCOC(=O)N1CCC(N2CCC3(CCNCC3)C2)CC1.Cl.Cl. The van der Waals surface area contributed by atoms with E-state index in [0.717, 1.165) is 25.9 Å². The van der Waals surface area contributed by atoms with Crippen LogP contribution in [0.3, 0.4) is 0 Å². The standard InChI is InChI=1S/C16H29N3O2.2ClH/c1-2-21-15(20)18-10-3-14(4-11-18)19-12-7-16(13-19)5-8-17-9-6-16;;/h14,17H,2-13H2,1H3;2*1H. The molecule has 0 atom stereocenters. The minimum Gasteiger partial charge on any atom is -0.450 e. The van der Waals surface area contributed by atoms with Crippen molar-refractivity contribution in [1.29, 1.82) is 0 Å². The number of carbonyl (C=O) groups is 1. The molecule has 3 aliphatic heterocycles. The Hall–Kier alpha value is -0.230. The summed E-state index contributed by atoms with van der Waals surface area (Å²) >= 11 is 0. The minimum absolute atomic E-state index is 0. The third-order valence-corrected chi connectivity index (χ3v) is 5.64. The molecule has 3 saturated heterocycles. The Morgan fingerprint density at radius 2 is 1.78 bits per heavy atom. The van der Waals surface area contributed by atoms with Crippen LogP contribution in [0.15, 0.2) is 0 Å². The lowest BCUT2D eigenvalue weighted by Crippen LogP contribution is -2.47. The van der Waals surface area contributed by atoms with Crippen molar-refractivity contribution >= 4 is 30.9 Å². The number of halogens is 2. The average Bonchev–Trinajstić information content (AvgIpc) is 2.92. The first-order valence-electron chi connectivity index (χ1n) is 8.59. The van der Waals surface area contributed by atoms with E-state index in [1.54, 1.807) is 0 Å². The maximum Gasteiger partial charge on any atom is 0.409 e. The molecule has 136 valence electrons. The first-order valence-corrected chi connectivity index (χ1v) is 8.59. The fourth-order valence-corrected chi connectivity index (χ4v) is 4.27. The second-order valence-corrected chi connectivity index (χ2v) is 6.89. The molecule has 0 saturated carbocycles. The lowest BCUT2D eigenvalue weighted by atomic mass is 9.78. The summed E-state index contributed by atoms with van der Waals surface area (Å²) in [5.74, 6) is 0. The molecule has 1 amide bonds. The number of likely N-dealkylation sites (tertiary alicyclic amines) is 2. The predicted octanol–water partition coefficient (Wildman–Crippen LogP) is 2.53. The molecule has 5 nitrogen and oxygen atoms in total. The summed E-state index contributed by atoms with van der Waals surface area (Å²) in [4.78, 5) is 16.3. The van der Waals surface area contributed by atoms with Crippen LogP contribution in [0, 0.1) is 5.41 Å². The second kappa shape index (κ2) is 9.30. The molecular formula is C16H31Cl2N3O2. The molecule has 3 rings (SSSR count). The first-order chi connectivity index (χ1) is 10.2. The van der Waals surface area contributed by atoms with Crippen molar-refractivity contribution in [2.75, 3.05) is 45.9 Å². The van der Waals surface area contributed by atoms with Crippen LogP contribution in [0.2, 0.25) is 0 Å². The highest BCUT2D eigenvalue weighted by molar-refractivity contribution is 5.85. The molecule has 23 heavy (non-hydrogen) atoms. The van der Waals surface area contributed by atoms with Gasteiger partial charge in [0.1, 0.15) is 0 Å². The lowest BCUT2D eigenvalue weighted by Gasteiger charge is -2.38. The third kappa shape index (κ3) is 4.88. The highest BCUT2D eigenvalue weighted by Gasteiger charge is 2.41. The van der Waals surface area contributed by atoms with E-state index in [0.29, 0.717) is 18.1 Å². The average molecular weight is 368 g/mol. The van der Waals surface area contributed by atoms with Gasteiger partial charge in [-0.05, 0) is 64.1 Å². The highest BCUT2D eigenvalue weighted by atomic mass is 35.5. The molecule has 0 aliphatic carbocycles. The molecule has 0 aromatic rings. The zero-order chi connectivity index (χ0) is 14.7. The quantitative estimate of drug-likeness (QED) is 0.814. The fraction of sp³-hybridized carbons (Fsp3) is 0.938. The molecule has 3 heterocycles. The molecule has 0 aromatic heterocycles. The molecule has 1 N–H and O–H groups in total. The number of piperidine rings is 2. The van der Waals surface area contributed by atoms with Gasteiger partial charge in [-0.1, -0.05) is 0 Å². The topological polar surface area (TPSA) is 44.8 Å². The molecular weight excluding hydrogens is 337 g/mol. The van der Waals surface area contributed by atoms with Gasteiger partial charge in [-0.2, -0.15) is 0 Å². The van der Waals surface area contributed by atoms with Gasteiger partial charge in [0, 0.05) is 25.7 Å². The van der Waals surface area contributed by atoms with Crippen LogP contribution in [0.1, 0.15) is 39.0 Å². The predicted molar refractivity (Wildman–Crippen MR) is 96.8 cm³/mol. The van der Waals surface area contributed by atoms with Gasteiger partial charge in [0.2, 0.25) is 0 Å². The normalized spacial score (nSPS) is 24.8. The summed E-state index contributed by atoms with van der Waals surface area (Å²) in [6, 6.07) is 0.671. The van der Waals surface area contributed by atoms with E-state index in [1.807, 2.05) is 11.8 Å². The molecule has 7 heteroatoms. The third-order valence-electron chi connectivity index (χ3n) is 5.64. The Labute approximate surface area is 152 Å². The van der Waals surface area contributed by atoms with E-state index >= 15 is 0 Å². The maximum absolute atomic E-state index is 11.8. The van der Waals surface area contributed by atoms with E-state index in [-0.39, 0.29) is 30.9 Å². The van der Waals surface area contributed by atoms with Gasteiger partial charge >= 0.3 is 6.09 Å². The van der Waals surface area contributed by atoms with E-state index < -0.39 is 0 Å². The second-order valence-electron chi connectivity index (χ2n) is 6.89. The van der Waals surface area contributed by atoms with Crippen molar-refractivity contribution in [3.8, 4) is 0 Å². The van der Waals surface area contributed by atoms with Crippen LogP contribution in [0.25, 0.3) is 0 Å². The minimum atomic E-state index is -0.132. The molecule has 0 radical (unpaired) electrons. The largest absolute Gasteiger partial charge is 0.450 e. The molecule has 0 bridgehead atoms. The van der Waals surface area contributed by atoms with E-state index in [9.17, 15) is 4.79 Å². The summed E-state index contributed by atoms with van der Waals surface area (Å²) in [7, 11) is 0. The maximum atomic E-state index is 11.8. The van der Waals surface area contributed by atoms with Crippen LogP contribution >= 0.6 is 24.8 Å². The zero-order valence-corrected chi connectivity index (χ0v) is 15.7. The highest BCUT2D eigenvalue weighted by Crippen LogP contribution is 2.40. The Morgan fingerprint density at radius 3 is 2.39 bits per heavy atom. The van der Waals surface area contributed by atoms with Gasteiger partial charge in [-0.15, -0.1) is 24.8 Å². The van der Waals surface area contributed by atoms with E-state index in [1.165, 1.54) is 45.4 Å². The summed E-state index contributed by atoms with van der Waals surface area (Å²) in [5, 5.41) is 3.48. The number of nitrogens with zero attached hydrogens (tertiary/aromatic N) is 2. The number of amides is 1. The van der Waals surface area contributed by atoms with Gasteiger partial charge in [0.25, 0.3) is 0 Å². The zero-order valence-electron chi connectivity index (χ0n) is 14.1. The van der Waals surface area contributed by atoms with Gasteiger partial charge < -0.3 is 15.0 Å². The van der Waals surface area contributed by atoms with E-state index in [2.05, 4.69) is 10.2 Å². The number of nitrogens with one attached hydrogen (secondary N) is 1. The van der Waals surface area contributed by atoms with Crippen molar-refractivity contribution in [2.45, 2.75) is 45.1 Å². The van der Waals surface area contributed by atoms with Crippen molar-refractivity contribution < 1.29 is 9.53 Å². The smallest absolute Gasteiger partial charge is 0.409 e. The van der Waals surface area contributed by atoms with Crippen LogP contribution in [-0.2, 0) is 4.74 Å². The van der Waals surface area contributed by atoms with Crippen LogP contribution in [0.4, 0.5) is 4.79 Å². The van der Waals surface area contributed by atoms with Crippen LogP contribution in [-0.4, -0.2) is 67.8 Å². The van der Waals surface area contributed by atoms with Crippen molar-refractivity contribution in [3.63, 3.8) is 0 Å². The molecule has 3 fully saturated rings. The Bertz CT molecular complexity index is 370. The number of hydrogen-bond acceptors (Lipinski definition) is 4. The Kier molecular flexibility index (Phi) is 8.42. The van der Waals surface area contributed by atoms with Crippen molar-refractivity contribution in [1.82, 2.24) is 15.1 Å². The Morgan fingerprint density at radius 1 is 1.13 bits per heavy atom. The van der Waals surface area contributed by atoms with Gasteiger partial charge in [-0.25, -0.2) is 4.79 Å². The number of carbonyl (C=O) groups excluding carboxylic acids is 1. The lowest BCUT2D eigenvalue weighted by molar-refractivity contribution is 0.0757. The number of rotatable bonds is 2. The van der Waals surface area contributed by atoms with Crippen molar-refractivity contribution in [2.24, 2.45) is 5.41 Å². The molecule has 1 spiro atoms. The van der Waals surface area contributed by atoms with Gasteiger partial charge in [0.05, 0.1) is 6.61 Å². The van der Waals surface area contributed by atoms with Crippen LogP contribution < -0.4 is 5.32 Å².